The van der Waals surface area contributed by atoms with E-state index in [1.165, 1.54) is 17.5 Å². The van der Waals surface area contributed by atoms with Gasteiger partial charge in [-0.05, 0) is 23.5 Å². The first-order chi connectivity index (χ1) is 9.93. The zero-order chi connectivity index (χ0) is 13.6. The Hall–Kier alpha value is -1.64. The quantitative estimate of drug-likeness (QED) is 0.896. The molecule has 0 aliphatic carbocycles. The highest BCUT2D eigenvalue weighted by molar-refractivity contribution is 5.31. The third-order valence-corrected chi connectivity index (χ3v) is 3.90. The molecule has 1 unspecified atom stereocenters. The average molecular weight is 267 g/mol. The van der Waals surface area contributed by atoms with Crippen LogP contribution in [0.15, 0.2) is 60.7 Å². The van der Waals surface area contributed by atoms with Crippen LogP contribution in [0.2, 0.25) is 0 Å². The summed E-state index contributed by atoms with van der Waals surface area (Å²) in [7, 11) is 0. The van der Waals surface area contributed by atoms with Gasteiger partial charge in [-0.2, -0.15) is 0 Å². The number of rotatable bonds is 5. The van der Waals surface area contributed by atoms with E-state index in [0.717, 1.165) is 19.8 Å². The summed E-state index contributed by atoms with van der Waals surface area (Å²) in [4.78, 5) is 0. The van der Waals surface area contributed by atoms with Gasteiger partial charge >= 0.3 is 0 Å². The van der Waals surface area contributed by atoms with Crippen molar-refractivity contribution in [2.45, 2.75) is 12.5 Å². The molecule has 1 N–H and O–H groups in total. The zero-order valence-corrected chi connectivity index (χ0v) is 11.7. The van der Waals surface area contributed by atoms with Crippen molar-refractivity contribution in [2.24, 2.45) is 5.92 Å². The van der Waals surface area contributed by atoms with Gasteiger partial charge in [0.05, 0.1) is 12.6 Å². The third kappa shape index (κ3) is 3.27. The minimum Gasteiger partial charge on any atom is -0.381 e. The summed E-state index contributed by atoms with van der Waals surface area (Å²) < 4.78 is 5.46. The lowest BCUT2D eigenvalue weighted by molar-refractivity contribution is 0.185. The van der Waals surface area contributed by atoms with Crippen molar-refractivity contribution in [3.63, 3.8) is 0 Å². The van der Waals surface area contributed by atoms with Crippen molar-refractivity contribution in [3.8, 4) is 0 Å². The van der Waals surface area contributed by atoms with E-state index in [2.05, 4.69) is 66.0 Å². The Kier molecular flexibility index (Phi) is 4.46. The molecule has 0 aromatic heterocycles. The molecule has 1 heterocycles. The average Bonchev–Trinajstić information content (AvgIpc) is 3.03. The minimum absolute atomic E-state index is 0.262. The monoisotopic (exact) mass is 267 g/mol. The Morgan fingerprint density at radius 1 is 0.950 bits per heavy atom. The molecule has 104 valence electrons. The SMILES string of the molecule is c1ccc(C(NCC2CCOC2)c2ccccc2)cc1. The highest BCUT2D eigenvalue weighted by atomic mass is 16.5. The number of nitrogens with one attached hydrogen (secondary N) is 1. The van der Waals surface area contributed by atoms with Crippen molar-refractivity contribution < 1.29 is 4.74 Å². The molecule has 1 aliphatic rings. The predicted molar refractivity (Wildman–Crippen MR) is 81.7 cm³/mol. The summed E-state index contributed by atoms with van der Waals surface area (Å²) in [6.07, 6.45) is 1.17. The van der Waals surface area contributed by atoms with Crippen molar-refractivity contribution >= 4 is 0 Å². The van der Waals surface area contributed by atoms with Gasteiger partial charge < -0.3 is 10.1 Å². The maximum Gasteiger partial charge on any atom is 0.0576 e. The second-order valence-corrected chi connectivity index (χ2v) is 5.39. The summed E-state index contributed by atoms with van der Waals surface area (Å²) in [6, 6.07) is 21.6. The van der Waals surface area contributed by atoms with Gasteiger partial charge in [0.25, 0.3) is 0 Å². The fraction of sp³-hybridized carbons (Fsp3) is 0.333. The maximum absolute atomic E-state index is 5.46. The molecular weight excluding hydrogens is 246 g/mol. The van der Waals surface area contributed by atoms with Crippen LogP contribution in [0.1, 0.15) is 23.6 Å². The first-order valence-corrected chi connectivity index (χ1v) is 7.34. The summed E-state index contributed by atoms with van der Waals surface area (Å²) in [5.74, 6) is 0.643. The molecular formula is C18H21NO. The van der Waals surface area contributed by atoms with Crippen LogP contribution in [0.3, 0.4) is 0 Å². The Balaban J connectivity index is 1.76. The Labute approximate surface area is 120 Å². The third-order valence-electron chi connectivity index (χ3n) is 3.90. The fourth-order valence-corrected chi connectivity index (χ4v) is 2.75. The van der Waals surface area contributed by atoms with Crippen LogP contribution in [0.4, 0.5) is 0 Å². The van der Waals surface area contributed by atoms with Gasteiger partial charge in [-0.15, -0.1) is 0 Å². The molecule has 2 aromatic carbocycles. The molecule has 0 amide bonds. The molecule has 2 heteroatoms. The zero-order valence-electron chi connectivity index (χ0n) is 11.7. The lowest BCUT2D eigenvalue weighted by atomic mass is 9.98. The van der Waals surface area contributed by atoms with Gasteiger partial charge in [0.15, 0.2) is 0 Å². The molecule has 2 nitrogen and oxygen atoms in total. The van der Waals surface area contributed by atoms with Gasteiger partial charge in [-0.25, -0.2) is 0 Å². The van der Waals surface area contributed by atoms with E-state index >= 15 is 0 Å². The summed E-state index contributed by atoms with van der Waals surface area (Å²) >= 11 is 0. The Morgan fingerprint density at radius 2 is 1.55 bits per heavy atom. The largest absolute Gasteiger partial charge is 0.381 e. The van der Waals surface area contributed by atoms with Crippen LogP contribution in [0.5, 0.6) is 0 Å². The maximum atomic E-state index is 5.46. The van der Waals surface area contributed by atoms with Crippen LogP contribution in [-0.4, -0.2) is 19.8 Å². The first-order valence-electron chi connectivity index (χ1n) is 7.34. The van der Waals surface area contributed by atoms with Gasteiger partial charge in [-0.3, -0.25) is 0 Å². The Bertz CT molecular complexity index is 466. The van der Waals surface area contributed by atoms with E-state index in [9.17, 15) is 0 Å². The van der Waals surface area contributed by atoms with Crippen LogP contribution in [0.25, 0.3) is 0 Å². The van der Waals surface area contributed by atoms with Crippen LogP contribution in [-0.2, 0) is 4.74 Å². The van der Waals surface area contributed by atoms with Gasteiger partial charge in [0.1, 0.15) is 0 Å². The molecule has 1 aliphatic heterocycles. The topological polar surface area (TPSA) is 21.3 Å². The number of benzene rings is 2. The van der Waals surface area contributed by atoms with Crippen molar-refractivity contribution in [1.82, 2.24) is 5.32 Å². The number of hydrogen-bond acceptors (Lipinski definition) is 2. The van der Waals surface area contributed by atoms with Gasteiger partial charge in [0, 0.05) is 13.2 Å². The number of hydrogen-bond donors (Lipinski definition) is 1. The lowest BCUT2D eigenvalue weighted by Crippen LogP contribution is -2.28. The predicted octanol–water partition coefficient (Wildman–Crippen LogP) is 3.40. The summed E-state index contributed by atoms with van der Waals surface area (Å²) in [5, 5.41) is 3.71. The van der Waals surface area contributed by atoms with E-state index in [0.29, 0.717) is 5.92 Å². The van der Waals surface area contributed by atoms with Gasteiger partial charge in [-0.1, -0.05) is 60.7 Å². The second kappa shape index (κ2) is 6.69. The first kappa shape index (κ1) is 13.3. The molecule has 2 aromatic rings. The lowest BCUT2D eigenvalue weighted by Gasteiger charge is -2.21. The fourth-order valence-electron chi connectivity index (χ4n) is 2.75. The highest BCUT2D eigenvalue weighted by Crippen LogP contribution is 2.22. The van der Waals surface area contributed by atoms with Crippen LogP contribution >= 0.6 is 0 Å². The van der Waals surface area contributed by atoms with Crippen molar-refractivity contribution in [1.29, 1.82) is 0 Å². The second-order valence-electron chi connectivity index (χ2n) is 5.39. The standard InChI is InChI=1S/C18H21NO/c1-3-7-16(8-4-1)18(17-9-5-2-6-10-17)19-13-15-11-12-20-14-15/h1-10,15,18-19H,11-14H2. The normalized spacial score (nSPS) is 18.6. The highest BCUT2D eigenvalue weighted by Gasteiger charge is 2.19. The molecule has 20 heavy (non-hydrogen) atoms. The van der Waals surface area contributed by atoms with Gasteiger partial charge in [0.2, 0.25) is 0 Å². The van der Waals surface area contributed by atoms with E-state index in [-0.39, 0.29) is 6.04 Å². The van der Waals surface area contributed by atoms with E-state index in [4.69, 9.17) is 4.74 Å². The minimum atomic E-state index is 0.262. The molecule has 0 saturated carbocycles. The summed E-state index contributed by atoms with van der Waals surface area (Å²) in [5.41, 5.74) is 2.63. The van der Waals surface area contributed by atoms with Crippen LogP contribution in [0, 0.1) is 5.92 Å². The van der Waals surface area contributed by atoms with E-state index < -0.39 is 0 Å². The van der Waals surface area contributed by atoms with E-state index in [1.54, 1.807) is 0 Å². The smallest absolute Gasteiger partial charge is 0.0576 e. The van der Waals surface area contributed by atoms with E-state index in [1.807, 2.05) is 0 Å². The summed E-state index contributed by atoms with van der Waals surface area (Å²) in [6.45, 7) is 2.81. The Morgan fingerprint density at radius 3 is 2.05 bits per heavy atom. The van der Waals surface area contributed by atoms with Crippen molar-refractivity contribution in [2.75, 3.05) is 19.8 Å². The molecule has 0 spiro atoms. The molecule has 1 atom stereocenters. The molecule has 1 fully saturated rings. The molecule has 0 bridgehead atoms. The molecule has 0 radical (unpaired) electrons. The van der Waals surface area contributed by atoms with Crippen molar-refractivity contribution in [3.05, 3.63) is 71.8 Å². The number of ether oxygens (including phenoxy) is 1. The molecule has 3 rings (SSSR count). The molecule has 1 saturated heterocycles. The van der Waals surface area contributed by atoms with Crippen LogP contribution < -0.4 is 5.32 Å².